The minimum absolute atomic E-state index is 0.214. The molecule has 8 heteroatoms. The van der Waals surface area contributed by atoms with E-state index in [-0.39, 0.29) is 12.5 Å². The van der Waals surface area contributed by atoms with Gasteiger partial charge in [0, 0.05) is 6.04 Å². The lowest BCUT2D eigenvalue weighted by atomic mass is 9.85. The van der Waals surface area contributed by atoms with Crippen molar-refractivity contribution >= 4 is 11.9 Å². The van der Waals surface area contributed by atoms with E-state index in [2.05, 4.69) is 5.32 Å². The van der Waals surface area contributed by atoms with Crippen molar-refractivity contribution in [1.82, 2.24) is 5.32 Å². The molecular formula is C23H22F3NO4. The lowest BCUT2D eigenvalue weighted by Gasteiger charge is -2.23. The van der Waals surface area contributed by atoms with E-state index in [0.717, 1.165) is 6.07 Å². The number of benzene rings is 2. The van der Waals surface area contributed by atoms with Crippen LogP contribution in [0.2, 0.25) is 0 Å². The van der Waals surface area contributed by atoms with E-state index in [4.69, 9.17) is 9.47 Å². The number of methoxy groups -OCH3 is 1. The maximum Gasteiger partial charge on any atom is 0.314 e. The van der Waals surface area contributed by atoms with Gasteiger partial charge in [-0.05, 0) is 49.1 Å². The van der Waals surface area contributed by atoms with Crippen LogP contribution in [0.5, 0.6) is 5.75 Å². The second kappa shape index (κ2) is 9.68. The third kappa shape index (κ3) is 4.90. The van der Waals surface area contributed by atoms with Gasteiger partial charge in [-0.2, -0.15) is 0 Å². The molecule has 31 heavy (non-hydrogen) atoms. The lowest BCUT2D eigenvalue weighted by molar-refractivity contribution is -0.146. The highest BCUT2D eigenvalue weighted by Crippen LogP contribution is 2.35. The largest absolute Gasteiger partial charge is 0.497 e. The van der Waals surface area contributed by atoms with Crippen LogP contribution in [0.4, 0.5) is 13.2 Å². The van der Waals surface area contributed by atoms with E-state index in [1.165, 1.54) is 7.11 Å². The summed E-state index contributed by atoms with van der Waals surface area (Å²) in [5.74, 6) is -6.24. The standard InChI is InChI=1S/C23H22F3NO4/c1-3-31-23(29)19(13-5-4-6-16(12-13)30-2)14-7-8-15(11-14)27-22(28)17-9-10-18(24)21(26)20(17)25/h4-10,12,14-15,19H,3,11H2,1-2H3,(H,27,28)/t14-,15-,19-/m1/s1. The summed E-state index contributed by atoms with van der Waals surface area (Å²) in [6.07, 6.45) is 3.82. The van der Waals surface area contributed by atoms with Gasteiger partial charge in [-0.3, -0.25) is 9.59 Å². The molecule has 1 aliphatic carbocycles. The van der Waals surface area contributed by atoms with Gasteiger partial charge < -0.3 is 14.8 Å². The van der Waals surface area contributed by atoms with Gasteiger partial charge in [0.05, 0.1) is 25.2 Å². The number of hydrogen-bond donors (Lipinski definition) is 1. The van der Waals surface area contributed by atoms with Crippen molar-refractivity contribution in [1.29, 1.82) is 0 Å². The van der Waals surface area contributed by atoms with Gasteiger partial charge >= 0.3 is 5.97 Å². The Bertz CT molecular complexity index is 1010. The van der Waals surface area contributed by atoms with Crippen molar-refractivity contribution in [2.24, 2.45) is 5.92 Å². The van der Waals surface area contributed by atoms with Gasteiger partial charge in [0.25, 0.3) is 5.91 Å². The topological polar surface area (TPSA) is 64.6 Å². The van der Waals surface area contributed by atoms with Crippen molar-refractivity contribution in [3.05, 3.63) is 77.1 Å². The summed E-state index contributed by atoms with van der Waals surface area (Å²) in [6, 6.07) is 8.13. The Kier molecular flexibility index (Phi) is 6.99. The molecular weight excluding hydrogens is 411 g/mol. The highest BCUT2D eigenvalue weighted by molar-refractivity contribution is 5.94. The van der Waals surface area contributed by atoms with Crippen LogP contribution in [-0.2, 0) is 9.53 Å². The van der Waals surface area contributed by atoms with Gasteiger partial charge in [0.15, 0.2) is 17.5 Å². The molecule has 0 unspecified atom stereocenters. The molecule has 0 radical (unpaired) electrons. The number of carbonyl (C=O) groups is 2. The first-order valence-corrected chi connectivity index (χ1v) is 9.79. The zero-order valence-electron chi connectivity index (χ0n) is 17.0. The van der Waals surface area contributed by atoms with Crippen molar-refractivity contribution in [3.63, 3.8) is 0 Å². The van der Waals surface area contributed by atoms with Crippen LogP contribution >= 0.6 is 0 Å². The van der Waals surface area contributed by atoms with Crippen LogP contribution in [0, 0.1) is 23.4 Å². The highest BCUT2D eigenvalue weighted by Gasteiger charge is 2.35. The summed E-state index contributed by atoms with van der Waals surface area (Å²) in [4.78, 5) is 25.1. The number of ether oxygens (including phenoxy) is 2. The minimum Gasteiger partial charge on any atom is -0.497 e. The molecule has 1 aliphatic rings. The van der Waals surface area contributed by atoms with Crippen LogP contribution < -0.4 is 10.1 Å². The molecule has 2 aromatic rings. The normalized spacial score (nSPS) is 18.5. The molecule has 164 valence electrons. The molecule has 1 N–H and O–H groups in total. The second-order valence-corrected chi connectivity index (χ2v) is 7.09. The first kappa shape index (κ1) is 22.4. The fraction of sp³-hybridized carbons (Fsp3) is 0.304. The Morgan fingerprint density at radius 1 is 1.13 bits per heavy atom. The molecule has 2 aromatic carbocycles. The zero-order valence-corrected chi connectivity index (χ0v) is 17.0. The van der Waals surface area contributed by atoms with Crippen LogP contribution in [0.1, 0.15) is 35.2 Å². The number of amides is 1. The predicted molar refractivity (Wildman–Crippen MR) is 107 cm³/mol. The number of rotatable bonds is 7. The molecule has 3 rings (SSSR count). The quantitative estimate of drug-likeness (QED) is 0.405. The number of esters is 1. The van der Waals surface area contributed by atoms with Gasteiger partial charge in [0.2, 0.25) is 0 Å². The molecule has 0 fully saturated rings. The zero-order chi connectivity index (χ0) is 22.5. The third-order valence-electron chi connectivity index (χ3n) is 5.13. The molecule has 0 aromatic heterocycles. The van der Waals surface area contributed by atoms with Crippen LogP contribution in [0.25, 0.3) is 0 Å². The van der Waals surface area contributed by atoms with Crippen molar-refractivity contribution in [3.8, 4) is 5.75 Å². The Labute approximate surface area is 177 Å². The summed E-state index contributed by atoms with van der Waals surface area (Å²) in [5, 5.41) is 2.58. The number of halogens is 3. The number of nitrogens with one attached hydrogen (secondary N) is 1. The molecule has 0 spiro atoms. The van der Waals surface area contributed by atoms with Crippen molar-refractivity contribution in [2.45, 2.75) is 25.3 Å². The van der Waals surface area contributed by atoms with E-state index in [1.807, 2.05) is 0 Å². The molecule has 5 nitrogen and oxygen atoms in total. The maximum absolute atomic E-state index is 13.9. The van der Waals surface area contributed by atoms with Crippen molar-refractivity contribution in [2.75, 3.05) is 13.7 Å². The molecule has 0 bridgehead atoms. The fourth-order valence-electron chi connectivity index (χ4n) is 3.65. The Balaban J connectivity index is 1.76. The summed E-state index contributed by atoms with van der Waals surface area (Å²) in [6.45, 7) is 1.93. The van der Waals surface area contributed by atoms with E-state index in [1.54, 1.807) is 43.3 Å². The minimum atomic E-state index is -1.70. The Morgan fingerprint density at radius 2 is 1.90 bits per heavy atom. The van der Waals surface area contributed by atoms with Crippen LogP contribution in [0.15, 0.2) is 48.6 Å². The first-order valence-electron chi connectivity index (χ1n) is 9.79. The highest BCUT2D eigenvalue weighted by atomic mass is 19.2. The van der Waals surface area contributed by atoms with Gasteiger partial charge in [-0.15, -0.1) is 0 Å². The lowest BCUT2D eigenvalue weighted by Crippen LogP contribution is -2.34. The number of allylic oxidation sites excluding steroid dienone is 1. The van der Waals surface area contributed by atoms with Gasteiger partial charge in [0.1, 0.15) is 5.75 Å². The first-order chi connectivity index (χ1) is 14.8. The summed E-state index contributed by atoms with van der Waals surface area (Å²) in [7, 11) is 1.52. The van der Waals surface area contributed by atoms with E-state index >= 15 is 0 Å². The molecule has 0 aliphatic heterocycles. The average molecular weight is 433 g/mol. The maximum atomic E-state index is 13.9. The molecule has 1 amide bonds. The van der Waals surface area contributed by atoms with E-state index in [9.17, 15) is 22.8 Å². The predicted octanol–water partition coefficient (Wildman–Crippen LogP) is 4.13. The molecule has 3 atom stereocenters. The smallest absolute Gasteiger partial charge is 0.314 e. The number of carbonyl (C=O) groups excluding carboxylic acids is 2. The summed E-state index contributed by atoms with van der Waals surface area (Å²) >= 11 is 0. The van der Waals surface area contributed by atoms with E-state index < -0.39 is 46.9 Å². The van der Waals surface area contributed by atoms with Crippen LogP contribution in [0.3, 0.4) is 0 Å². The van der Waals surface area contributed by atoms with Crippen molar-refractivity contribution < 1.29 is 32.2 Å². The Hall–Kier alpha value is -3.29. The summed E-state index contributed by atoms with van der Waals surface area (Å²) < 4.78 is 50.9. The van der Waals surface area contributed by atoms with Gasteiger partial charge in [-0.25, -0.2) is 13.2 Å². The monoisotopic (exact) mass is 433 g/mol. The van der Waals surface area contributed by atoms with E-state index in [0.29, 0.717) is 23.8 Å². The third-order valence-corrected chi connectivity index (χ3v) is 5.13. The Morgan fingerprint density at radius 3 is 2.61 bits per heavy atom. The van der Waals surface area contributed by atoms with Gasteiger partial charge in [-0.1, -0.05) is 24.3 Å². The molecule has 0 saturated carbocycles. The van der Waals surface area contributed by atoms with Crippen LogP contribution in [-0.4, -0.2) is 31.6 Å². The molecule has 0 heterocycles. The molecule has 0 saturated heterocycles. The number of hydrogen-bond acceptors (Lipinski definition) is 4. The summed E-state index contributed by atoms with van der Waals surface area (Å²) in [5.41, 5.74) is 0.108. The fourth-order valence-corrected chi connectivity index (χ4v) is 3.65. The average Bonchev–Trinajstić information content (AvgIpc) is 3.20. The second-order valence-electron chi connectivity index (χ2n) is 7.09. The SMILES string of the molecule is CCOC(=O)[C@H](c1cccc(OC)c1)[C@@H]1C=C[C@@H](NC(=O)c2ccc(F)c(F)c2F)C1.